The summed E-state index contributed by atoms with van der Waals surface area (Å²) in [6, 6.07) is -0.153. The minimum atomic E-state index is -1.64. The summed E-state index contributed by atoms with van der Waals surface area (Å²) in [4.78, 5) is 22.7. The molecular weight excluding hydrogens is 275 g/mol. The lowest BCUT2D eigenvalue weighted by Gasteiger charge is -2.17. The van der Waals surface area contributed by atoms with Crippen molar-refractivity contribution in [1.29, 1.82) is 0 Å². The number of carbonyl (C=O) groups excluding carboxylic acids is 1. The van der Waals surface area contributed by atoms with E-state index >= 15 is 0 Å². The lowest BCUT2D eigenvalue weighted by molar-refractivity contribution is -0.139. The number of carboxylic acids is 1. The highest BCUT2D eigenvalue weighted by Gasteiger charge is 2.26. The maximum atomic E-state index is 13.4. The maximum Gasteiger partial charge on any atom is 0.326 e. The Balaban J connectivity index is 3.01. The summed E-state index contributed by atoms with van der Waals surface area (Å²) in [7, 11) is 0. The normalized spacial score (nSPS) is 12.3. The molecule has 2 N–H and O–H groups in total. The van der Waals surface area contributed by atoms with Crippen molar-refractivity contribution in [2.75, 3.05) is 0 Å². The van der Waals surface area contributed by atoms with Gasteiger partial charge in [-0.05, 0) is 24.5 Å². The SMILES string of the molecule is CC(C)C[C@@H](NC(=O)c1c(F)ccc(F)c1F)C(=O)O. The number of hydrogen-bond acceptors (Lipinski definition) is 2. The summed E-state index contributed by atoms with van der Waals surface area (Å²) in [6.07, 6.45) is 0.0830. The molecule has 1 amide bonds. The quantitative estimate of drug-likeness (QED) is 0.818. The van der Waals surface area contributed by atoms with Crippen LogP contribution >= 0.6 is 0 Å². The Bertz CT molecular complexity index is 532. The molecule has 0 aliphatic rings. The van der Waals surface area contributed by atoms with Crippen LogP contribution in [0, 0.1) is 23.4 Å². The van der Waals surface area contributed by atoms with E-state index in [0.717, 1.165) is 0 Å². The average Bonchev–Trinajstić information content (AvgIpc) is 2.33. The Morgan fingerprint density at radius 3 is 2.25 bits per heavy atom. The van der Waals surface area contributed by atoms with E-state index < -0.39 is 40.9 Å². The molecule has 4 nitrogen and oxygen atoms in total. The molecule has 1 aromatic rings. The molecule has 0 aliphatic carbocycles. The van der Waals surface area contributed by atoms with Crippen LogP contribution in [0.25, 0.3) is 0 Å². The van der Waals surface area contributed by atoms with E-state index in [0.29, 0.717) is 12.1 Å². The third-order valence-electron chi connectivity index (χ3n) is 2.58. The minimum absolute atomic E-state index is 0.0568. The Labute approximate surface area is 113 Å². The first-order valence-corrected chi connectivity index (χ1v) is 5.91. The molecule has 0 saturated heterocycles. The monoisotopic (exact) mass is 289 g/mol. The lowest BCUT2D eigenvalue weighted by atomic mass is 10.0. The average molecular weight is 289 g/mol. The van der Waals surface area contributed by atoms with Crippen molar-refractivity contribution in [2.45, 2.75) is 26.3 Å². The number of benzene rings is 1. The molecule has 0 heterocycles. The van der Waals surface area contributed by atoms with E-state index in [-0.39, 0.29) is 12.3 Å². The van der Waals surface area contributed by atoms with Gasteiger partial charge in [0.2, 0.25) is 0 Å². The van der Waals surface area contributed by atoms with E-state index in [1.807, 2.05) is 5.32 Å². The molecule has 0 spiro atoms. The van der Waals surface area contributed by atoms with Gasteiger partial charge in [0.1, 0.15) is 17.4 Å². The van der Waals surface area contributed by atoms with Gasteiger partial charge in [-0.15, -0.1) is 0 Å². The summed E-state index contributed by atoms with van der Waals surface area (Å²) in [5, 5.41) is 10.9. The third-order valence-corrected chi connectivity index (χ3v) is 2.58. The van der Waals surface area contributed by atoms with Crippen LogP contribution < -0.4 is 5.32 Å². The van der Waals surface area contributed by atoms with Crippen LogP contribution in [0.15, 0.2) is 12.1 Å². The second kappa shape index (κ2) is 6.40. The number of rotatable bonds is 5. The Hall–Kier alpha value is -2.05. The zero-order valence-corrected chi connectivity index (χ0v) is 10.9. The van der Waals surface area contributed by atoms with Crippen LogP contribution in [0.3, 0.4) is 0 Å². The molecule has 1 rings (SSSR count). The van der Waals surface area contributed by atoms with Crippen molar-refractivity contribution >= 4 is 11.9 Å². The summed E-state index contributed by atoms with van der Waals surface area (Å²) in [5.74, 6) is -6.96. The standard InChI is InChI=1S/C13H14F3NO3/c1-6(2)5-9(13(19)20)17-12(18)10-7(14)3-4-8(15)11(10)16/h3-4,6,9H,5H2,1-2H3,(H,17,18)(H,19,20)/t9-/m1/s1. The highest BCUT2D eigenvalue weighted by Crippen LogP contribution is 2.16. The number of carbonyl (C=O) groups is 2. The predicted octanol–water partition coefficient (Wildman–Crippen LogP) is 2.33. The van der Waals surface area contributed by atoms with Crippen LogP contribution in [0.4, 0.5) is 13.2 Å². The van der Waals surface area contributed by atoms with E-state index in [9.17, 15) is 22.8 Å². The van der Waals surface area contributed by atoms with Gasteiger partial charge in [0.05, 0.1) is 0 Å². The van der Waals surface area contributed by atoms with Gasteiger partial charge in [0.15, 0.2) is 11.6 Å². The Kier molecular flexibility index (Phi) is 5.12. The molecule has 0 radical (unpaired) electrons. The fraction of sp³-hybridized carbons (Fsp3) is 0.385. The fourth-order valence-corrected chi connectivity index (χ4v) is 1.66. The molecule has 0 saturated carbocycles. The molecule has 0 unspecified atom stereocenters. The van der Waals surface area contributed by atoms with Gasteiger partial charge in [-0.25, -0.2) is 18.0 Å². The molecular formula is C13H14F3NO3. The van der Waals surface area contributed by atoms with Gasteiger partial charge in [-0.3, -0.25) is 4.79 Å². The summed E-state index contributed by atoms with van der Waals surface area (Å²) in [5.41, 5.74) is -1.12. The largest absolute Gasteiger partial charge is 0.480 e. The summed E-state index contributed by atoms with van der Waals surface area (Å²) >= 11 is 0. The van der Waals surface area contributed by atoms with Crippen LogP contribution in [-0.4, -0.2) is 23.0 Å². The Morgan fingerprint density at radius 2 is 1.75 bits per heavy atom. The molecule has 110 valence electrons. The highest BCUT2D eigenvalue weighted by atomic mass is 19.2. The van der Waals surface area contributed by atoms with Gasteiger partial charge < -0.3 is 10.4 Å². The maximum absolute atomic E-state index is 13.4. The summed E-state index contributed by atoms with van der Waals surface area (Å²) in [6.45, 7) is 3.46. The topological polar surface area (TPSA) is 66.4 Å². The second-order valence-corrected chi connectivity index (χ2v) is 4.71. The van der Waals surface area contributed by atoms with E-state index in [4.69, 9.17) is 5.11 Å². The smallest absolute Gasteiger partial charge is 0.326 e. The zero-order valence-electron chi connectivity index (χ0n) is 10.9. The molecule has 20 heavy (non-hydrogen) atoms. The van der Waals surface area contributed by atoms with Crippen molar-refractivity contribution in [3.8, 4) is 0 Å². The fourth-order valence-electron chi connectivity index (χ4n) is 1.66. The van der Waals surface area contributed by atoms with Crippen molar-refractivity contribution in [3.63, 3.8) is 0 Å². The van der Waals surface area contributed by atoms with Gasteiger partial charge in [0, 0.05) is 0 Å². The van der Waals surface area contributed by atoms with Crippen LogP contribution in [0.5, 0.6) is 0 Å². The second-order valence-electron chi connectivity index (χ2n) is 4.71. The molecule has 0 aromatic heterocycles. The number of carboxylic acid groups (broad SMARTS) is 1. The first-order chi connectivity index (χ1) is 9.23. The minimum Gasteiger partial charge on any atom is -0.480 e. The van der Waals surface area contributed by atoms with Crippen molar-refractivity contribution in [3.05, 3.63) is 35.1 Å². The molecule has 0 bridgehead atoms. The van der Waals surface area contributed by atoms with Gasteiger partial charge in [-0.2, -0.15) is 0 Å². The van der Waals surface area contributed by atoms with Crippen molar-refractivity contribution in [1.82, 2.24) is 5.32 Å². The Morgan fingerprint density at radius 1 is 1.20 bits per heavy atom. The number of nitrogens with one attached hydrogen (secondary N) is 1. The number of amides is 1. The number of halogens is 3. The van der Waals surface area contributed by atoms with E-state index in [1.54, 1.807) is 13.8 Å². The summed E-state index contributed by atoms with van der Waals surface area (Å²) < 4.78 is 39.8. The predicted molar refractivity (Wildman–Crippen MR) is 64.7 cm³/mol. The number of aliphatic carboxylic acids is 1. The lowest BCUT2D eigenvalue weighted by Crippen LogP contribution is -2.42. The first kappa shape index (κ1) is 16.0. The van der Waals surface area contributed by atoms with Crippen molar-refractivity contribution < 1.29 is 27.9 Å². The van der Waals surface area contributed by atoms with Crippen LogP contribution in [0.1, 0.15) is 30.6 Å². The highest BCUT2D eigenvalue weighted by molar-refractivity contribution is 5.97. The van der Waals surface area contributed by atoms with Crippen LogP contribution in [0.2, 0.25) is 0 Å². The third kappa shape index (κ3) is 3.72. The van der Waals surface area contributed by atoms with Gasteiger partial charge in [0.25, 0.3) is 5.91 Å². The van der Waals surface area contributed by atoms with E-state index in [2.05, 4.69) is 0 Å². The first-order valence-electron chi connectivity index (χ1n) is 5.91. The molecule has 1 aromatic carbocycles. The molecule has 0 aliphatic heterocycles. The van der Waals surface area contributed by atoms with Gasteiger partial charge in [-0.1, -0.05) is 13.8 Å². The molecule has 7 heteroatoms. The van der Waals surface area contributed by atoms with E-state index in [1.165, 1.54) is 0 Å². The van der Waals surface area contributed by atoms with Crippen molar-refractivity contribution in [2.24, 2.45) is 5.92 Å². The van der Waals surface area contributed by atoms with Crippen LogP contribution in [-0.2, 0) is 4.79 Å². The van der Waals surface area contributed by atoms with Gasteiger partial charge >= 0.3 is 5.97 Å². The molecule has 1 atom stereocenters. The zero-order chi connectivity index (χ0) is 15.4. The number of hydrogen-bond donors (Lipinski definition) is 2. The molecule has 0 fully saturated rings.